The van der Waals surface area contributed by atoms with Crippen LogP contribution in [0.1, 0.15) is 12.0 Å². The van der Waals surface area contributed by atoms with Gasteiger partial charge in [0.05, 0.1) is 0 Å². The van der Waals surface area contributed by atoms with E-state index < -0.39 is 0 Å². The maximum absolute atomic E-state index is 14.6. The molecule has 0 radical (unpaired) electrons. The van der Waals surface area contributed by atoms with Gasteiger partial charge in [-0.05, 0) is 62.8 Å². The molecule has 2 heterocycles. The van der Waals surface area contributed by atoms with E-state index in [2.05, 4.69) is 34.9 Å². The molecule has 27 heavy (non-hydrogen) atoms. The van der Waals surface area contributed by atoms with E-state index in [-0.39, 0.29) is 5.82 Å². The summed E-state index contributed by atoms with van der Waals surface area (Å²) in [5.74, 6) is 0.304. The first-order valence-electron chi connectivity index (χ1n) is 9.30. The molecule has 5 heteroatoms. The Morgan fingerprint density at radius 2 is 2.04 bits per heavy atom. The standard InChI is InChI=1S/C22H25FN4/c1-14-5-4-6-19(23)22(14)15-9-16-12-25-21(24)11-18(16)20(10-15)27-8-7-17(13-27)26(2)3/h4-6,9-12,17H,7-8,13H2,1-3H3,(H2,24,25). The minimum absolute atomic E-state index is 0.198. The molecule has 1 aromatic heterocycles. The average Bonchev–Trinajstić information content (AvgIpc) is 3.11. The van der Waals surface area contributed by atoms with E-state index in [4.69, 9.17) is 5.73 Å². The minimum atomic E-state index is -0.198. The highest BCUT2D eigenvalue weighted by Crippen LogP contribution is 2.37. The predicted octanol–water partition coefficient (Wildman–Crippen LogP) is 4.07. The van der Waals surface area contributed by atoms with Crippen LogP contribution in [0.25, 0.3) is 21.9 Å². The summed E-state index contributed by atoms with van der Waals surface area (Å²) < 4.78 is 14.6. The summed E-state index contributed by atoms with van der Waals surface area (Å²) in [7, 11) is 4.24. The molecule has 2 aromatic carbocycles. The lowest BCUT2D eigenvalue weighted by Gasteiger charge is -2.24. The Kier molecular flexibility index (Phi) is 4.48. The van der Waals surface area contributed by atoms with E-state index in [0.717, 1.165) is 47.1 Å². The van der Waals surface area contributed by atoms with Crippen molar-refractivity contribution in [3.63, 3.8) is 0 Å². The average molecular weight is 364 g/mol. The molecule has 0 bridgehead atoms. The van der Waals surface area contributed by atoms with Gasteiger partial charge in [-0.15, -0.1) is 0 Å². The Bertz CT molecular complexity index is 979. The van der Waals surface area contributed by atoms with Gasteiger partial charge >= 0.3 is 0 Å². The van der Waals surface area contributed by atoms with Crippen LogP contribution in [0.2, 0.25) is 0 Å². The molecule has 1 aliphatic rings. The van der Waals surface area contributed by atoms with Crippen molar-refractivity contribution in [1.82, 2.24) is 9.88 Å². The minimum Gasteiger partial charge on any atom is -0.384 e. The fourth-order valence-corrected chi connectivity index (χ4v) is 4.04. The van der Waals surface area contributed by atoms with Crippen LogP contribution in [0, 0.1) is 12.7 Å². The zero-order chi connectivity index (χ0) is 19.1. The van der Waals surface area contributed by atoms with Crippen molar-refractivity contribution in [1.29, 1.82) is 0 Å². The van der Waals surface area contributed by atoms with Gasteiger partial charge < -0.3 is 15.5 Å². The summed E-state index contributed by atoms with van der Waals surface area (Å²) in [6.07, 6.45) is 2.89. The number of hydrogen-bond acceptors (Lipinski definition) is 4. The van der Waals surface area contributed by atoms with E-state index in [0.29, 0.717) is 17.4 Å². The number of aromatic nitrogens is 1. The smallest absolute Gasteiger partial charge is 0.131 e. The lowest BCUT2D eigenvalue weighted by Crippen LogP contribution is -2.31. The van der Waals surface area contributed by atoms with Gasteiger partial charge in [0.2, 0.25) is 0 Å². The molecular formula is C22H25FN4. The number of hydrogen-bond donors (Lipinski definition) is 1. The van der Waals surface area contributed by atoms with E-state index in [1.54, 1.807) is 12.3 Å². The summed E-state index contributed by atoms with van der Waals surface area (Å²) in [5, 5.41) is 2.05. The number of anilines is 2. The van der Waals surface area contributed by atoms with E-state index in [9.17, 15) is 4.39 Å². The van der Waals surface area contributed by atoms with Crippen LogP contribution in [0.3, 0.4) is 0 Å². The SMILES string of the molecule is Cc1cccc(F)c1-c1cc(N2CCC(N(C)C)C2)c2cc(N)ncc2c1. The van der Waals surface area contributed by atoms with Crippen LogP contribution in [-0.4, -0.2) is 43.1 Å². The molecule has 1 unspecified atom stereocenters. The number of pyridine rings is 1. The van der Waals surface area contributed by atoms with Gasteiger partial charge in [-0.1, -0.05) is 12.1 Å². The number of aryl methyl sites for hydroxylation is 1. The zero-order valence-corrected chi connectivity index (χ0v) is 16.0. The number of benzene rings is 2. The fourth-order valence-electron chi connectivity index (χ4n) is 4.04. The molecule has 1 saturated heterocycles. The van der Waals surface area contributed by atoms with Crippen molar-refractivity contribution < 1.29 is 4.39 Å². The number of likely N-dealkylation sites (N-methyl/N-ethyl adjacent to an activating group) is 1. The molecule has 4 rings (SSSR count). The topological polar surface area (TPSA) is 45.4 Å². The van der Waals surface area contributed by atoms with Gasteiger partial charge in [0.15, 0.2) is 0 Å². The van der Waals surface area contributed by atoms with Crippen LogP contribution in [0.5, 0.6) is 0 Å². The monoisotopic (exact) mass is 364 g/mol. The third-order valence-electron chi connectivity index (χ3n) is 5.58. The summed E-state index contributed by atoms with van der Waals surface area (Å²) in [6.45, 7) is 3.87. The number of nitrogens with two attached hydrogens (primary N) is 1. The maximum atomic E-state index is 14.6. The lowest BCUT2D eigenvalue weighted by molar-refractivity contribution is 0.315. The number of nitrogen functional groups attached to an aromatic ring is 1. The number of nitrogens with zero attached hydrogens (tertiary/aromatic N) is 3. The first-order chi connectivity index (χ1) is 12.9. The molecule has 140 valence electrons. The number of fused-ring (bicyclic) bond motifs is 1. The van der Waals surface area contributed by atoms with Gasteiger partial charge in [0.25, 0.3) is 0 Å². The normalized spacial score (nSPS) is 17.2. The molecule has 1 atom stereocenters. The van der Waals surface area contributed by atoms with E-state index >= 15 is 0 Å². The maximum Gasteiger partial charge on any atom is 0.131 e. The Morgan fingerprint density at radius 3 is 2.74 bits per heavy atom. The van der Waals surface area contributed by atoms with Crippen LogP contribution in [0.15, 0.2) is 42.6 Å². The Hall–Kier alpha value is -2.66. The van der Waals surface area contributed by atoms with Crippen molar-refractivity contribution >= 4 is 22.3 Å². The van der Waals surface area contributed by atoms with Gasteiger partial charge in [-0.3, -0.25) is 0 Å². The third kappa shape index (κ3) is 3.23. The van der Waals surface area contributed by atoms with Crippen molar-refractivity contribution in [2.45, 2.75) is 19.4 Å². The second-order valence-electron chi connectivity index (χ2n) is 7.61. The molecule has 1 aliphatic heterocycles. The zero-order valence-electron chi connectivity index (χ0n) is 16.0. The van der Waals surface area contributed by atoms with E-state index in [1.165, 1.54) is 6.07 Å². The van der Waals surface area contributed by atoms with Crippen LogP contribution in [0.4, 0.5) is 15.9 Å². The Balaban J connectivity index is 1.90. The fraction of sp³-hybridized carbons (Fsp3) is 0.318. The summed E-state index contributed by atoms with van der Waals surface area (Å²) in [4.78, 5) is 8.90. The molecule has 1 fully saturated rings. The van der Waals surface area contributed by atoms with Gasteiger partial charge in [0.1, 0.15) is 11.6 Å². The molecule has 0 spiro atoms. The molecule has 4 nitrogen and oxygen atoms in total. The highest BCUT2D eigenvalue weighted by atomic mass is 19.1. The highest BCUT2D eigenvalue weighted by molar-refractivity contribution is 5.99. The van der Waals surface area contributed by atoms with Gasteiger partial charge in [-0.25, -0.2) is 9.37 Å². The lowest BCUT2D eigenvalue weighted by atomic mass is 9.96. The first-order valence-corrected chi connectivity index (χ1v) is 9.30. The van der Waals surface area contributed by atoms with Crippen molar-refractivity contribution in [2.75, 3.05) is 37.8 Å². The predicted molar refractivity (Wildman–Crippen MR) is 111 cm³/mol. The van der Waals surface area contributed by atoms with E-state index in [1.807, 2.05) is 25.1 Å². The Labute approximate surface area is 159 Å². The third-order valence-corrected chi connectivity index (χ3v) is 5.58. The van der Waals surface area contributed by atoms with Crippen molar-refractivity contribution in [3.05, 3.63) is 54.0 Å². The van der Waals surface area contributed by atoms with Crippen molar-refractivity contribution in [3.8, 4) is 11.1 Å². The Morgan fingerprint density at radius 1 is 1.22 bits per heavy atom. The molecular weight excluding hydrogens is 339 g/mol. The molecule has 0 amide bonds. The second kappa shape index (κ2) is 6.82. The first kappa shape index (κ1) is 17.7. The molecule has 0 saturated carbocycles. The van der Waals surface area contributed by atoms with Crippen LogP contribution >= 0.6 is 0 Å². The summed E-state index contributed by atoms with van der Waals surface area (Å²) in [6, 6.07) is 11.8. The van der Waals surface area contributed by atoms with Gasteiger partial charge in [-0.2, -0.15) is 0 Å². The highest BCUT2D eigenvalue weighted by Gasteiger charge is 2.26. The quantitative estimate of drug-likeness (QED) is 0.761. The summed E-state index contributed by atoms with van der Waals surface area (Å²) >= 11 is 0. The van der Waals surface area contributed by atoms with Crippen LogP contribution in [-0.2, 0) is 0 Å². The van der Waals surface area contributed by atoms with Crippen molar-refractivity contribution in [2.24, 2.45) is 0 Å². The largest absolute Gasteiger partial charge is 0.384 e. The molecule has 2 N–H and O–H groups in total. The summed E-state index contributed by atoms with van der Waals surface area (Å²) in [5.41, 5.74) is 9.53. The molecule has 3 aromatic rings. The van der Waals surface area contributed by atoms with Gasteiger partial charge in [0, 0.05) is 47.4 Å². The number of rotatable bonds is 3. The number of halogens is 1. The van der Waals surface area contributed by atoms with Crippen LogP contribution < -0.4 is 10.6 Å². The second-order valence-corrected chi connectivity index (χ2v) is 7.61. The molecule has 0 aliphatic carbocycles.